The normalized spacial score (nSPS) is 11.7. The molecule has 0 radical (unpaired) electrons. The third-order valence-electron chi connectivity index (χ3n) is 1.70. The average Bonchev–Trinajstić information content (AvgIpc) is 2.07. The number of nitrogens with two attached hydrogens (primary N) is 1. The van der Waals surface area contributed by atoms with Crippen molar-refractivity contribution in [3.05, 3.63) is 27.1 Å². The van der Waals surface area contributed by atoms with Crippen molar-refractivity contribution in [1.82, 2.24) is 4.57 Å². The van der Waals surface area contributed by atoms with E-state index < -0.39 is 17.4 Å². The van der Waals surface area contributed by atoms with E-state index in [-0.39, 0.29) is 11.0 Å². The van der Waals surface area contributed by atoms with Crippen LogP contribution in [0.4, 0.5) is 14.5 Å². The lowest BCUT2D eigenvalue weighted by molar-refractivity contribution is 0.0805. The van der Waals surface area contributed by atoms with Gasteiger partial charge in [0, 0.05) is 24.8 Å². The Morgan fingerprint density at radius 3 is 2.73 bits per heavy atom. The van der Waals surface area contributed by atoms with Gasteiger partial charge in [0.2, 0.25) is 0 Å². The Morgan fingerprint density at radius 2 is 2.20 bits per heavy atom. The van der Waals surface area contributed by atoms with Crippen LogP contribution in [0.15, 0.2) is 21.5 Å². The maximum atomic E-state index is 12.3. The number of hydrogen-bond acceptors (Lipinski definition) is 2. The summed E-state index contributed by atoms with van der Waals surface area (Å²) in [6.45, 7) is -0.182. The van der Waals surface area contributed by atoms with Crippen LogP contribution in [0.25, 0.3) is 0 Å². The maximum Gasteiger partial charge on any atom is 0.323 e. The van der Waals surface area contributed by atoms with Crippen molar-refractivity contribution in [2.24, 2.45) is 0 Å². The Morgan fingerprint density at radius 1 is 1.60 bits per heavy atom. The summed E-state index contributed by atoms with van der Waals surface area (Å²) in [4.78, 5) is 11.4. The fourth-order valence-corrected chi connectivity index (χ4v) is 1.61. The van der Waals surface area contributed by atoms with Crippen LogP contribution in [0.2, 0.25) is 0 Å². The van der Waals surface area contributed by atoms with Gasteiger partial charge in [0.15, 0.2) is 0 Å². The van der Waals surface area contributed by atoms with Gasteiger partial charge in [-0.25, -0.2) is 0 Å². The highest BCUT2D eigenvalue weighted by molar-refractivity contribution is 9.10. The van der Waals surface area contributed by atoms with Gasteiger partial charge in [0.1, 0.15) is 0 Å². The molecule has 0 aliphatic heterocycles. The number of nitrogen functional groups attached to an aromatic ring is 1. The fraction of sp³-hybridized carbons (Fsp3) is 0.375. The van der Waals surface area contributed by atoms with Crippen LogP contribution in [0.3, 0.4) is 0 Å². The second-order valence-electron chi connectivity index (χ2n) is 2.99. The van der Waals surface area contributed by atoms with Gasteiger partial charge in [0.05, 0.1) is 4.47 Å². The molecule has 84 valence electrons. The Kier molecular flexibility index (Phi) is 3.72. The van der Waals surface area contributed by atoms with E-state index >= 15 is 0 Å². The van der Waals surface area contributed by atoms with E-state index in [4.69, 9.17) is 17.3 Å². The SMILES string of the molecule is Nc1cc(Br)c(=O)n(CCC(F)(F)Cl)c1. The summed E-state index contributed by atoms with van der Waals surface area (Å²) in [6, 6.07) is 1.41. The topological polar surface area (TPSA) is 48.0 Å². The van der Waals surface area contributed by atoms with Crippen LogP contribution >= 0.6 is 27.5 Å². The lowest BCUT2D eigenvalue weighted by Crippen LogP contribution is -2.23. The highest BCUT2D eigenvalue weighted by Crippen LogP contribution is 2.23. The minimum Gasteiger partial charge on any atom is -0.398 e. The van der Waals surface area contributed by atoms with Crippen molar-refractivity contribution in [3.8, 4) is 0 Å². The molecule has 0 saturated heterocycles. The third kappa shape index (κ3) is 3.79. The second kappa shape index (κ2) is 4.49. The standard InChI is InChI=1S/C8H8BrClF2N2O/c9-6-3-5(13)4-14(7(6)15)2-1-8(10,11)12/h3-4H,1-2,13H2. The van der Waals surface area contributed by atoms with Gasteiger partial charge in [-0.1, -0.05) is 0 Å². The zero-order valence-corrected chi connectivity index (χ0v) is 9.86. The predicted molar refractivity (Wildman–Crippen MR) is 58.2 cm³/mol. The summed E-state index contributed by atoms with van der Waals surface area (Å²) in [5.41, 5.74) is 5.36. The van der Waals surface area contributed by atoms with Gasteiger partial charge in [-0.05, 0) is 33.6 Å². The molecule has 0 bridgehead atoms. The fourth-order valence-electron chi connectivity index (χ4n) is 1.03. The highest BCUT2D eigenvalue weighted by Gasteiger charge is 2.24. The molecular weight excluding hydrogens is 293 g/mol. The Labute approximate surface area is 98.0 Å². The molecule has 0 aromatic carbocycles. The molecule has 0 spiro atoms. The Bertz CT molecular complexity index is 416. The van der Waals surface area contributed by atoms with Crippen molar-refractivity contribution in [1.29, 1.82) is 0 Å². The summed E-state index contributed by atoms with van der Waals surface area (Å²) in [6.07, 6.45) is 0.681. The van der Waals surface area contributed by atoms with Gasteiger partial charge in [-0.3, -0.25) is 4.79 Å². The smallest absolute Gasteiger partial charge is 0.323 e. The molecule has 1 aromatic rings. The van der Waals surface area contributed by atoms with E-state index in [0.29, 0.717) is 5.69 Å². The van der Waals surface area contributed by atoms with Crippen molar-refractivity contribution in [2.75, 3.05) is 5.73 Å². The van der Waals surface area contributed by atoms with E-state index in [2.05, 4.69) is 15.9 Å². The summed E-state index contributed by atoms with van der Waals surface area (Å²) in [7, 11) is 0. The van der Waals surface area contributed by atoms with E-state index in [1.807, 2.05) is 0 Å². The minimum absolute atomic E-state index is 0.182. The van der Waals surface area contributed by atoms with E-state index in [0.717, 1.165) is 4.57 Å². The first-order valence-electron chi connectivity index (χ1n) is 4.02. The van der Waals surface area contributed by atoms with Crippen LogP contribution < -0.4 is 11.3 Å². The lowest BCUT2D eigenvalue weighted by Gasteiger charge is -2.10. The van der Waals surface area contributed by atoms with Crippen molar-refractivity contribution >= 4 is 33.2 Å². The number of alkyl halides is 3. The van der Waals surface area contributed by atoms with Gasteiger partial charge in [-0.2, -0.15) is 8.78 Å². The maximum absolute atomic E-state index is 12.3. The van der Waals surface area contributed by atoms with Crippen molar-refractivity contribution in [2.45, 2.75) is 18.3 Å². The number of rotatable bonds is 3. The van der Waals surface area contributed by atoms with E-state index in [9.17, 15) is 13.6 Å². The lowest BCUT2D eigenvalue weighted by atomic mass is 10.4. The van der Waals surface area contributed by atoms with Gasteiger partial charge >= 0.3 is 5.38 Å². The molecule has 0 aliphatic carbocycles. The molecule has 0 aliphatic rings. The van der Waals surface area contributed by atoms with Crippen molar-refractivity contribution < 1.29 is 8.78 Å². The third-order valence-corrected chi connectivity index (χ3v) is 2.46. The molecule has 0 amide bonds. The Hall–Kier alpha value is -0.620. The highest BCUT2D eigenvalue weighted by atomic mass is 79.9. The molecule has 1 rings (SSSR count). The number of nitrogens with zero attached hydrogens (tertiary/aromatic N) is 1. The first-order chi connectivity index (χ1) is 6.79. The van der Waals surface area contributed by atoms with Gasteiger partial charge < -0.3 is 10.3 Å². The molecule has 0 saturated carbocycles. The first-order valence-corrected chi connectivity index (χ1v) is 5.19. The monoisotopic (exact) mass is 300 g/mol. The molecule has 0 unspecified atom stereocenters. The molecule has 2 N–H and O–H groups in total. The molecule has 7 heteroatoms. The second-order valence-corrected chi connectivity index (χ2v) is 4.39. The van der Waals surface area contributed by atoms with Gasteiger partial charge in [-0.15, -0.1) is 0 Å². The molecule has 3 nitrogen and oxygen atoms in total. The van der Waals surface area contributed by atoms with Crippen LogP contribution in [-0.4, -0.2) is 9.95 Å². The van der Waals surface area contributed by atoms with Crippen molar-refractivity contribution in [3.63, 3.8) is 0 Å². The van der Waals surface area contributed by atoms with Crippen LogP contribution in [0.1, 0.15) is 6.42 Å². The number of hydrogen-bond donors (Lipinski definition) is 1. The first kappa shape index (κ1) is 12.4. The van der Waals surface area contributed by atoms with Crippen LogP contribution in [-0.2, 0) is 6.54 Å². The predicted octanol–water partition coefficient (Wildman–Crippen LogP) is 2.41. The number of aromatic nitrogens is 1. The van der Waals surface area contributed by atoms with E-state index in [1.165, 1.54) is 12.3 Å². The van der Waals surface area contributed by atoms with Crippen LogP contribution in [0.5, 0.6) is 0 Å². The van der Waals surface area contributed by atoms with Gasteiger partial charge in [0.25, 0.3) is 5.56 Å². The summed E-state index contributed by atoms with van der Waals surface area (Å²) < 4.78 is 26.0. The minimum atomic E-state index is -3.31. The average molecular weight is 302 g/mol. The zero-order valence-electron chi connectivity index (χ0n) is 7.51. The molecule has 1 aromatic heterocycles. The molecule has 0 atom stereocenters. The number of pyridine rings is 1. The number of anilines is 1. The molecule has 0 fully saturated rings. The quantitative estimate of drug-likeness (QED) is 0.872. The molecular formula is C8H8BrClF2N2O. The summed E-state index contributed by atoms with van der Waals surface area (Å²) in [5, 5.41) is -3.31. The summed E-state index contributed by atoms with van der Waals surface area (Å²) in [5.74, 6) is 0. The molecule has 1 heterocycles. The number of halogens is 4. The van der Waals surface area contributed by atoms with Crippen LogP contribution in [0, 0.1) is 0 Å². The Balaban J connectivity index is 2.91. The van der Waals surface area contributed by atoms with E-state index in [1.54, 1.807) is 0 Å². The summed E-state index contributed by atoms with van der Waals surface area (Å²) >= 11 is 7.71. The molecule has 15 heavy (non-hydrogen) atoms. The largest absolute Gasteiger partial charge is 0.398 e. The zero-order chi connectivity index (χ0) is 11.6. The number of aryl methyl sites for hydroxylation is 1.